The first-order chi connectivity index (χ1) is 12.8. The molecule has 0 bridgehead atoms. The number of fused-ring (bicyclic) bond motifs is 1. The fourth-order valence-corrected chi connectivity index (χ4v) is 2.07. The maximum atomic E-state index is 13.7. The Morgan fingerprint density at radius 1 is 1.26 bits per heavy atom. The molecule has 7 nitrogen and oxygen atoms in total. The van der Waals surface area contributed by atoms with Gasteiger partial charge in [0.1, 0.15) is 11.5 Å². The van der Waals surface area contributed by atoms with Crippen LogP contribution in [0.15, 0.2) is 24.7 Å². The lowest BCUT2D eigenvalue weighted by Crippen LogP contribution is -2.10. The first-order valence-electron chi connectivity index (χ1n) is 8.39. The SMILES string of the molecule is CC(C)C.O=C(O)CCNc1nc(-c2c[nH]c3ncc(F)cc23)ncc1F. The summed E-state index contributed by atoms with van der Waals surface area (Å²) in [6, 6.07) is 1.28. The van der Waals surface area contributed by atoms with E-state index in [0.717, 1.165) is 18.3 Å². The third kappa shape index (κ3) is 5.70. The average molecular weight is 377 g/mol. The average Bonchev–Trinajstić information content (AvgIpc) is 2.99. The first kappa shape index (κ1) is 20.2. The molecule has 0 saturated heterocycles. The molecule has 27 heavy (non-hydrogen) atoms. The minimum atomic E-state index is -1.01. The zero-order valence-electron chi connectivity index (χ0n) is 15.3. The molecule has 0 aliphatic rings. The first-order valence-corrected chi connectivity index (χ1v) is 8.39. The van der Waals surface area contributed by atoms with Gasteiger partial charge in [-0.15, -0.1) is 0 Å². The number of carboxylic acids is 1. The van der Waals surface area contributed by atoms with Crippen molar-refractivity contribution in [2.45, 2.75) is 27.2 Å². The zero-order chi connectivity index (χ0) is 20.0. The van der Waals surface area contributed by atoms with Gasteiger partial charge in [-0.2, -0.15) is 0 Å². The number of nitrogens with zero attached hydrogens (tertiary/aromatic N) is 3. The molecule has 0 saturated carbocycles. The number of halogens is 2. The Morgan fingerprint density at radius 3 is 2.63 bits per heavy atom. The number of carbonyl (C=O) groups is 1. The smallest absolute Gasteiger partial charge is 0.305 e. The van der Waals surface area contributed by atoms with E-state index >= 15 is 0 Å². The largest absolute Gasteiger partial charge is 0.481 e. The van der Waals surface area contributed by atoms with Crippen molar-refractivity contribution < 1.29 is 18.7 Å². The van der Waals surface area contributed by atoms with Gasteiger partial charge in [-0.1, -0.05) is 20.8 Å². The van der Waals surface area contributed by atoms with Gasteiger partial charge < -0.3 is 15.4 Å². The molecule has 0 spiro atoms. The van der Waals surface area contributed by atoms with Crippen LogP contribution in [0.2, 0.25) is 0 Å². The third-order valence-electron chi connectivity index (χ3n) is 3.11. The van der Waals surface area contributed by atoms with E-state index < -0.39 is 17.6 Å². The van der Waals surface area contributed by atoms with Gasteiger partial charge in [0.25, 0.3) is 0 Å². The predicted molar refractivity (Wildman–Crippen MR) is 98.3 cm³/mol. The Hall–Kier alpha value is -3.10. The highest BCUT2D eigenvalue weighted by Gasteiger charge is 2.13. The standard InChI is InChI=1S/C14H11F2N5O2.C4H10/c15-7-3-8-9(5-19-12(8)18-4-7)13-20-6-10(16)14(21-13)17-2-1-11(22)23;1-4(2)3/h3-6H,1-2H2,(H,18,19)(H,22,23)(H,17,20,21);4H,1-3H3. The molecule has 3 heterocycles. The van der Waals surface area contributed by atoms with Crippen LogP contribution in [0, 0.1) is 17.6 Å². The summed E-state index contributed by atoms with van der Waals surface area (Å²) in [7, 11) is 0. The van der Waals surface area contributed by atoms with Crippen LogP contribution in [0.3, 0.4) is 0 Å². The van der Waals surface area contributed by atoms with Crippen molar-refractivity contribution >= 4 is 22.8 Å². The molecule has 0 aliphatic carbocycles. The number of pyridine rings is 1. The highest BCUT2D eigenvalue weighted by Crippen LogP contribution is 2.26. The molecule has 9 heteroatoms. The van der Waals surface area contributed by atoms with E-state index in [0.29, 0.717) is 16.6 Å². The monoisotopic (exact) mass is 377 g/mol. The lowest BCUT2D eigenvalue weighted by molar-refractivity contribution is -0.136. The van der Waals surface area contributed by atoms with E-state index in [2.05, 4.69) is 46.0 Å². The van der Waals surface area contributed by atoms with Crippen LogP contribution in [-0.2, 0) is 4.79 Å². The summed E-state index contributed by atoms with van der Waals surface area (Å²) >= 11 is 0. The summed E-state index contributed by atoms with van der Waals surface area (Å²) in [5.74, 6) is -1.34. The van der Waals surface area contributed by atoms with Crippen LogP contribution >= 0.6 is 0 Å². The van der Waals surface area contributed by atoms with Crippen LogP contribution in [0.25, 0.3) is 22.4 Å². The second kappa shape index (κ2) is 9.02. The molecule has 3 aromatic rings. The molecule has 0 atom stereocenters. The molecule has 0 aliphatic heterocycles. The van der Waals surface area contributed by atoms with Crippen molar-refractivity contribution in [1.29, 1.82) is 0 Å². The highest BCUT2D eigenvalue weighted by atomic mass is 19.1. The zero-order valence-corrected chi connectivity index (χ0v) is 15.3. The molecule has 0 aromatic carbocycles. The number of aromatic nitrogens is 4. The Balaban J connectivity index is 0.000000596. The van der Waals surface area contributed by atoms with Gasteiger partial charge in [0.05, 0.1) is 18.8 Å². The maximum absolute atomic E-state index is 13.7. The number of aliphatic carboxylic acids is 1. The normalized spacial score (nSPS) is 10.6. The second-order valence-electron chi connectivity index (χ2n) is 6.44. The van der Waals surface area contributed by atoms with E-state index in [-0.39, 0.29) is 24.6 Å². The van der Waals surface area contributed by atoms with Crippen LogP contribution in [-0.4, -0.2) is 37.6 Å². The molecular formula is C18H21F2N5O2. The lowest BCUT2D eigenvalue weighted by Gasteiger charge is -2.06. The Morgan fingerprint density at radius 2 is 1.96 bits per heavy atom. The van der Waals surface area contributed by atoms with E-state index in [9.17, 15) is 13.6 Å². The number of nitrogens with one attached hydrogen (secondary N) is 2. The quantitative estimate of drug-likeness (QED) is 0.624. The van der Waals surface area contributed by atoms with Gasteiger partial charge in [0.15, 0.2) is 17.5 Å². The van der Waals surface area contributed by atoms with Gasteiger partial charge in [-0.05, 0) is 12.0 Å². The van der Waals surface area contributed by atoms with Gasteiger partial charge >= 0.3 is 5.97 Å². The predicted octanol–water partition coefficient (Wildman–Crippen LogP) is 3.85. The number of hydrogen-bond donors (Lipinski definition) is 3. The van der Waals surface area contributed by atoms with Crippen LogP contribution in [0.5, 0.6) is 0 Å². The summed E-state index contributed by atoms with van der Waals surface area (Å²) in [5, 5.41) is 11.7. The number of carboxylic acid groups (broad SMARTS) is 1. The summed E-state index contributed by atoms with van der Waals surface area (Å²) in [6.45, 7) is 6.52. The third-order valence-corrected chi connectivity index (χ3v) is 3.11. The number of aromatic amines is 1. The Labute approximate surface area is 154 Å². The molecule has 3 N–H and O–H groups in total. The van der Waals surface area contributed by atoms with E-state index in [1.54, 1.807) is 6.20 Å². The fraction of sp³-hybridized carbons (Fsp3) is 0.333. The molecular weight excluding hydrogens is 356 g/mol. The molecule has 0 unspecified atom stereocenters. The Bertz CT molecular complexity index is 925. The summed E-state index contributed by atoms with van der Waals surface area (Å²) in [5.41, 5.74) is 0.919. The second-order valence-corrected chi connectivity index (χ2v) is 6.44. The van der Waals surface area contributed by atoms with Crippen molar-refractivity contribution in [3.63, 3.8) is 0 Å². The van der Waals surface area contributed by atoms with Gasteiger partial charge in [-0.3, -0.25) is 4.79 Å². The topological polar surface area (TPSA) is 104 Å². The molecule has 3 rings (SSSR count). The van der Waals surface area contributed by atoms with E-state index in [1.165, 1.54) is 6.07 Å². The van der Waals surface area contributed by atoms with E-state index in [4.69, 9.17) is 5.11 Å². The fourth-order valence-electron chi connectivity index (χ4n) is 2.07. The number of H-pyrrole nitrogens is 1. The van der Waals surface area contributed by atoms with Crippen molar-refractivity contribution in [3.8, 4) is 11.4 Å². The minimum Gasteiger partial charge on any atom is -0.481 e. The van der Waals surface area contributed by atoms with Gasteiger partial charge in [0.2, 0.25) is 0 Å². The molecule has 0 fully saturated rings. The van der Waals surface area contributed by atoms with Gasteiger partial charge in [0, 0.05) is 23.7 Å². The molecule has 144 valence electrons. The van der Waals surface area contributed by atoms with Gasteiger partial charge in [-0.25, -0.2) is 23.7 Å². The van der Waals surface area contributed by atoms with Crippen LogP contribution in [0.1, 0.15) is 27.2 Å². The number of rotatable bonds is 5. The van der Waals surface area contributed by atoms with Crippen molar-refractivity contribution in [3.05, 3.63) is 36.3 Å². The minimum absolute atomic E-state index is 0.0206. The van der Waals surface area contributed by atoms with Crippen molar-refractivity contribution in [1.82, 2.24) is 19.9 Å². The molecule has 3 aromatic heterocycles. The lowest BCUT2D eigenvalue weighted by atomic mass is 10.2. The maximum Gasteiger partial charge on any atom is 0.305 e. The molecule has 0 radical (unpaired) electrons. The molecule has 0 amide bonds. The summed E-state index contributed by atoms with van der Waals surface area (Å²) in [4.78, 5) is 25.2. The van der Waals surface area contributed by atoms with Crippen LogP contribution < -0.4 is 5.32 Å². The number of hydrogen-bond acceptors (Lipinski definition) is 5. The van der Waals surface area contributed by atoms with E-state index in [1.807, 2.05) is 0 Å². The summed E-state index contributed by atoms with van der Waals surface area (Å²) < 4.78 is 27.0. The summed E-state index contributed by atoms with van der Waals surface area (Å²) in [6.07, 6.45) is 3.41. The van der Waals surface area contributed by atoms with Crippen LogP contribution in [0.4, 0.5) is 14.6 Å². The number of anilines is 1. The van der Waals surface area contributed by atoms with Crippen molar-refractivity contribution in [2.24, 2.45) is 5.92 Å². The van der Waals surface area contributed by atoms with Crippen molar-refractivity contribution in [2.75, 3.05) is 11.9 Å². The Kier molecular flexibility index (Phi) is 6.75. The highest BCUT2D eigenvalue weighted by molar-refractivity contribution is 5.91.